The maximum Gasteiger partial charge on any atom is 0.296 e. The molecular formula is C33H30N2O6S. The van der Waals surface area contributed by atoms with Gasteiger partial charge >= 0.3 is 0 Å². The van der Waals surface area contributed by atoms with Gasteiger partial charge in [-0.15, -0.1) is 0 Å². The van der Waals surface area contributed by atoms with Gasteiger partial charge < -0.3 is 19.0 Å². The van der Waals surface area contributed by atoms with E-state index in [0.29, 0.717) is 39.8 Å². The van der Waals surface area contributed by atoms with Gasteiger partial charge in [-0.1, -0.05) is 61.4 Å². The summed E-state index contributed by atoms with van der Waals surface area (Å²) in [6, 6.07) is 19.1. The summed E-state index contributed by atoms with van der Waals surface area (Å²) in [6.45, 7) is 4.73. The predicted octanol–water partition coefficient (Wildman–Crippen LogP) is 7.71. The van der Waals surface area contributed by atoms with E-state index in [1.54, 1.807) is 24.3 Å². The number of amides is 1. The molecule has 0 aliphatic carbocycles. The molecule has 0 saturated heterocycles. The van der Waals surface area contributed by atoms with Crippen molar-refractivity contribution in [1.82, 2.24) is 4.98 Å². The molecule has 1 unspecified atom stereocenters. The highest BCUT2D eigenvalue weighted by Crippen LogP contribution is 2.45. The molecule has 42 heavy (non-hydrogen) atoms. The number of carbonyl (C=O) groups excluding carboxylic acids is 2. The van der Waals surface area contributed by atoms with Crippen LogP contribution in [0, 0.1) is 6.92 Å². The third-order valence-electron chi connectivity index (χ3n) is 7.36. The molecule has 1 atom stereocenters. The number of aliphatic hydroxyl groups is 1. The molecule has 8 nitrogen and oxygen atoms in total. The highest BCUT2D eigenvalue weighted by molar-refractivity contribution is 7.22. The minimum Gasteiger partial charge on any atom is -0.503 e. The number of aryl methyl sites for hydroxylation is 1. The summed E-state index contributed by atoms with van der Waals surface area (Å²) in [5, 5.41) is 12.3. The van der Waals surface area contributed by atoms with Crippen LogP contribution in [-0.4, -0.2) is 35.5 Å². The van der Waals surface area contributed by atoms with Gasteiger partial charge in [-0.05, 0) is 60.9 Å². The van der Waals surface area contributed by atoms with Crippen molar-refractivity contribution in [3.05, 3.63) is 94.9 Å². The number of aromatic nitrogens is 1. The van der Waals surface area contributed by atoms with Gasteiger partial charge in [-0.25, -0.2) is 4.98 Å². The second kappa shape index (κ2) is 11.3. The molecule has 0 spiro atoms. The summed E-state index contributed by atoms with van der Waals surface area (Å²) < 4.78 is 18.1. The van der Waals surface area contributed by atoms with Crippen molar-refractivity contribution in [3.63, 3.8) is 0 Å². The Labute approximate surface area is 246 Å². The first kappa shape index (κ1) is 27.5. The molecule has 0 saturated carbocycles. The van der Waals surface area contributed by atoms with Crippen LogP contribution in [0.3, 0.4) is 0 Å². The number of carbonyl (C=O) groups is 2. The van der Waals surface area contributed by atoms with Crippen LogP contribution in [0.15, 0.2) is 82.5 Å². The van der Waals surface area contributed by atoms with Gasteiger partial charge in [0.25, 0.3) is 5.91 Å². The molecule has 1 aliphatic heterocycles. The number of Topliss-reactive ketones (excluding diaryl/α,β-unsaturated/α-hetero) is 1. The van der Waals surface area contributed by atoms with Crippen LogP contribution >= 0.6 is 11.3 Å². The Morgan fingerprint density at radius 3 is 2.67 bits per heavy atom. The highest BCUT2D eigenvalue weighted by atomic mass is 32.1. The van der Waals surface area contributed by atoms with Gasteiger partial charge in [0, 0.05) is 5.39 Å². The number of benzene rings is 3. The standard InChI is InChI=1S/C33H30N2O6S/c1-4-5-6-16-40-22-13-11-20(12-14-22)28-27(29(36)25-18-21-8-7-9-24(39-3)31(21)41-25)30(37)32(38)35(28)33-34-23-15-10-19(2)17-26(23)42-33/h7-15,17-18,28,37H,4-6,16H2,1-3H3. The summed E-state index contributed by atoms with van der Waals surface area (Å²) in [5.41, 5.74) is 2.75. The van der Waals surface area contributed by atoms with Crippen LogP contribution in [0.5, 0.6) is 11.5 Å². The molecule has 214 valence electrons. The first-order valence-electron chi connectivity index (χ1n) is 13.9. The average molecular weight is 583 g/mol. The lowest BCUT2D eigenvalue weighted by Gasteiger charge is -2.24. The topological polar surface area (TPSA) is 102 Å². The molecule has 2 aromatic heterocycles. The highest BCUT2D eigenvalue weighted by Gasteiger charge is 2.46. The number of furan rings is 1. The quantitative estimate of drug-likeness (QED) is 0.133. The minimum atomic E-state index is -0.934. The van der Waals surface area contributed by atoms with E-state index in [9.17, 15) is 14.7 Å². The van der Waals surface area contributed by atoms with E-state index in [1.807, 2.05) is 49.4 Å². The van der Waals surface area contributed by atoms with E-state index < -0.39 is 23.5 Å². The first-order chi connectivity index (χ1) is 20.4. The fraction of sp³-hybridized carbons (Fsp3) is 0.242. The maximum absolute atomic E-state index is 14.0. The van der Waals surface area contributed by atoms with Gasteiger partial charge in [0.15, 0.2) is 28.0 Å². The molecule has 0 radical (unpaired) electrons. The Balaban J connectivity index is 1.43. The molecule has 9 heteroatoms. The number of fused-ring (bicyclic) bond motifs is 2. The van der Waals surface area contributed by atoms with E-state index >= 15 is 0 Å². The molecule has 1 N–H and O–H groups in total. The Kier molecular flexibility index (Phi) is 7.43. The van der Waals surface area contributed by atoms with E-state index in [1.165, 1.54) is 23.3 Å². The molecule has 0 fully saturated rings. The SMILES string of the molecule is CCCCCOc1ccc(C2C(C(=O)c3cc4cccc(OC)c4o3)=C(O)C(=O)N2c2nc3ccc(C)cc3s2)cc1. The Morgan fingerprint density at radius 2 is 1.90 bits per heavy atom. The summed E-state index contributed by atoms with van der Waals surface area (Å²) in [4.78, 5) is 33.8. The van der Waals surface area contributed by atoms with Crippen LogP contribution in [0.1, 0.15) is 53.9 Å². The van der Waals surface area contributed by atoms with Crippen LogP contribution in [0.2, 0.25) is 0 Å². The number of unbranched alkanes of at least 4 members (excludes halogenated alkanes) is 2. The van der Waals surface area contributed by atoms with Crippen molar-refractivity contribution in [3.8, 4) is 11.5 Å². The zero-order valence-electron chi connectivity index (χ0n) is 23.5. The lowest BCUT2D eigenvalue weighted by Crippen LogP contribution is -2.30. The number of hydrogen-bond acceptors (Lipinski definition) is 8. The number of ether oxygens (including phenoxy) is 2. The minimum absolute atomic E-state index is 0.00787. The largest absolute Gasteiger partial charge is 0.503 e. The first-order valence-corrected chi connectivity index (χ1v) is 14.7. The number of anilines is 1. The number of nitrogens with zero attached hydrogens (tertiary/aromatic N) is 2. The molecule has 3 heterocycles. The molecule has 0 bridgehead atoms. The molecule has 6 rings (SSSR count). The molecular weight excluding hydrogens is 552 g/mol. The number of aliphatic hydroxyl groups excluding tert-OH is 1. The number of para-hydroxylation sites is 1. The number of rotatable bonds is 10. The maximum atomic E-state index is 14.0. The zero-order chi connectivity index (χ0) is 29.4. The van der Waals surface area contributed by atoms with E-state index in [2.05, 4.69) is 6.92 Å². The van der Waals surface area contributed by atoms with Crippen molar-refractivity contribution in [2.45, 2.75) is 39.2 Å². The molecule has 1 aliphatic rings. The zero-order valence-corrected chi connectivity index (χ0v) is 24.4. The van der Waals surface area contributed by atoms with Gasteiger partial charge in [0.05, 0.1) is 35.5 Å². The Bertz CT molecular complexity index is 1830. The fourth-order valence-electron chi connectivity index (χ4n) is 5.20. The van der Waals surface area contributed by atoms with Crippen molar-refractivity contribution in [2.24, 2.45) is 0 Å². The van der Waals surface area contributed by atoms with E-state index in [-0.39, 0.29) is 11.3 Å². The predicted molar refractivity (Wildman–Crippen MR) is 163 cm³/mol. The average Bonchev–Trinajstić information content (AvgIpc) is 3.69. The second-order valence-corrected chi connectivity index (χ2v) is 11.3. The molecule has 5 aromatic rings. The van der Waals surface area contributed by atoms with Gasteiger partial charge in [0.2, 0.25) is 5.78 Å². The van der Waals surface area contributed by atoms with Gasteiger partial charge in [-0.2, -0.15) is 0 Å². The van der Waals surface area contributed by atoms with Crippen LogP contribution in [-0.2, 0) is 4.79 Å². The lowest BCUT2D eigenvalue weighted by molar-refractivity contribution is -0.117. The van der Waals surface area contributed by atoms with Crippen LogP contribution < -0.4 is 14.4 Å². The summed E-state index contributed by atoms with van der Waals surface area (Å²) in [5.74, 6) is -0.771. The fourth-order valence-corrected chi connectivity index (χ4v) is 6.29. The van der Waals surface area contributed by atoms with Crippen LogP contribution in [0.25, 0.3) is 21.2 Å². The Morgan fingerprint density at radius 1 is 1.10 bits per heavy atom. The molecule has 1 amide bonds. The monoisotopic (exact) mass is 582 g/mol. The van der Waals surface area contributed by atoms with Gasteiger partial charge in [0.1, 0.15) is 5.75 Å². The Hall–Kier alpha value is -4.63. The smallest absolute Gasteiger partial charge is 0.296 e. The third kappa shape index (κ3) is 4.90. The van der Waals surface area contributed by atoms with E-state index in [0.717, 1.165) is 35.0 Å². The second-order valence-electron chi connectivity index (χ2n) is 10.3. The summed E-state index contributed by atoms with van der Waals surface area (Å²) in [6.07, 6.45) is 3.14. The van der Waals surface area contributed by atoms with Gasteiger partial charge in [-0.3, -0.25) is 14.5 Å². The lowest BCUT2D eigenvalue weighted by atomic mass is 9.95. The third-order valence-corrected chi connectivity index (χ3v) is 8.37. The van der Waals surface area contributed by atoms with Crippen molar-refractivity contribution in [2.75, 3.05) is 18.6 Å². The summed E-state index contributed by atoms with van der Waals surface area (Å²) >= 11 is 1.33. The summed E-state index contributed by atoms with van der Waals surface area (Å²) in [7, 11) is 1.52. The number of methoxy groups -OCH3 is 1. The van der Waals surface area contributed by atoms with Crippen molar-refractivity contribution in [1.29, 1.82) is 0 Å². The number of thiazole rings is 1. The van der Waals surface area contributed by atoms with Crippen molar-refractivity contribution >= 4 is 49.3 Å². The van der Waals surface area contributed by atoms with E-state index in [4.69, 9.17) is 18.9 Å². The molecule has 3 aromatic carbocycles. The normalized spacial score (nSPS) is 15.3. The van der Waals surface area contributed by atoms with Crippen LogP contribution in [0.4, 0.5) is 5.13 Å². The number of ketones is 1. The van der Waals surface area contributed by atoms with Crippen molar-refractivity contribution < 1.29 is 28.6 Å². The number of hydrogen-bond donors (Lipinski definition) is 1.